The molecule has 9 nitrogen and oxygen atoms in total. The third-order valence-electron chi connectivity index (χ3n) is 6.07. The Balaban J connectivity index is 1.46. The van der Waals surface area contributed by atoms with Crippen LogP contribution < -0.4 is 26.4 Å². The van der Waals surface area contributed by atoms with Crippen molar-refractivity contribution in [3.63, 3.8) is 0 Å². The predicted molar refractivity (Wildman–Crippen MR) is 124 cm³/mol. The molecule has 5 rings (SSSR count). The van der Waals surface area contributed by atoms with Crippen molar-refractivity contribution in [2.45, 2.75) is 25.6 Å². The fourth-order valence-electron chi connectivity index (χ4n) is 4.26. The summed E-state index contributed by atoms with van der Waals surface area (Å²) in [6.07, 6.45) is 0.403. The molecule has 2 aliphatic rings. The summed E-state index contributed by atoms with van der Waals surface area (Å²) in [5.41, 5.74) is 8.35. The molecule has 2 atom stereocenters. The minimum absolute atomic E-state index is 0.0644. The molecule has 3 aromatic rings. The summed E-state index contributed by atoms with van der Waals surface area (Å²) < 4.78 is 40.0. The predicted octanol–water partition coefficient (Wildman–Crippen LogP) is 3.38. The summed E-state index contributed by atoms with van der Waals surface area (Å²) >= 11 is 0. The van der Waals surface area contributed by atoms with Gasteiger partial charge in [0.1, 0.15) is 30.4 Å². The van der Waals surface area contributed by atoms with Crippen LogP contribution in [0.2, 0.25) is 0 Å². The van der Waals surface area contributed by atoms with E-state index >= 15 is 4.39 Å². The molecule has 1 aromatic carbocycles. The quantitative estimate of drug-likeness (QED) is 0.430. The lowest BCUT2D eigenvalue weighted by Crippen LogP contribution is -2.44. The number of halogens is 2. The molecular formula is C23H24F2N6O3. The second-order valence-electron chi connectivity index (χ2n) is 8.27. The van der Waals surface area contributed by atoms with E-state index in [4.69, 9.17) is 15.2 Å². The van der Waals surface area contributed by atoms with E-state index in [1.54, 1.807) is 18.3 Å². The molecule has 34 heavy (non-hydrogen) atoms. The van der Waals surface area contributed by atoms with Gasteiger partial charge >= 0.3 is 6.09 Å². The zero-order valence-electron chi connectivity index (χ0n) is 18.5. The number of rotatable bonds is 3. The summed E-state index contributed by atoms with van der Waals surface area (Å²) in [6.45, 7) is 3.69. The maximum Gasteiger partial charge on any atom is 0.413 e. The first-order chi connectivity index (χ1) is 16.4. The number of hydrogen-bond donors (Lipinski definition) is 4. The van der Waals surface area contributed by atoms with Crippen molar-refractivity contribution in [3.8, 4) is 17.0 Å². The third kappa shape index (κ3) is 4.03. The topological polar surface area (TPSA) is 123 Å². The smallest absolute Gasteiger partial charge is 0.413 e. The highest BCUT2D eigenvalue weighted by Gasteiger charge is 2.28. The molecular weight excluding hydrogens is 446 g/mol. The van der Waals surface area contributed by atoms with Crippen molar-refractivity contribution in [1.29, 1.82) is 0 Å². The molecule has 0 spiro atoms. The first-order valence-corrected chi connectivity index (χ1v) is 11.0. The standard InChI is InChI=1S/C23H24F2N6O3/c1-11-14(8-30-22-21(11)28-4-5-33-22)13-6-12-7-18(29-9-15(12)20(26)19(13)25)31-23(32)34-17-2-3-27-10-16(17)24/h6-9,16-17,27-28H,2-5,10,26H2,1H3,(H,29,31,32). The molecule has 1 amide bonds. The number of nitrogens with two attached hydrogens (primary N) is 1. The van der Waals surface area contributed by atoms with Gasteiger partial charge in [-0.15, -0.1) is 0 Å². The van der Waals surface area contributed by atoms with Gasteiger partial charge in [0.25, 0.3) is 0 Å². The van der Waals surface area contributed by atoms with Crippen LogP contribution in [0.15, 0.2) is 24.5 Å². The number of amides is 1. The highest BCUT2D eigenvalue weighted by Crippen LogP contribution is 2.39. The van der Waals surface area contributed by atoms with Crippen LogP contribution in [0.3, 0.4) is 0 Å². The number of nitrogens with one attached hydrogen (secondary N) is 3. The monoisotopic (exact) mass is 470 g/mol. The fraction of sp³-hybridized carbons (Fsp3) is 0.348. The zero-order chi connectivity index (χ0) is 23.8. The molecule has 2 aromatic heterocycles. The lowest BCUT2D eigenvalue weighted by atomic mass is 9.97. The largest absolute Gasteiger partial charge is 0.474 e. The molecule has 5 N–H and O–H groups in total. The molecule has 4 heterocycles. The summed E-state index contributed by atoms with van der Waals surface area (Å²) in [5.74, 6) is 0.0604. The van der Waals surface area contributed by atoms with Gasteiger partial charge in [0, 0.05) is 42.0 Å². The van der Waals surface area contributed by atoms with Gasteiger partial charge in [-0.25, -0.2) is 23.5 Å². The number of carbonyl (C=O) groups is 1. The van der Waals surface area contributed by atoms with Crippen molar-refractivity contribution in [2.24, 2.45) is 0 Å². The zero-order valence-corrected chi connectivity index (χ0v) is 18.5. The van der Waals surface area contributed by atoms with Gasteiger partial charge in [0.2, 0.25) is 5.88 Å². The average Bonchev–Trinajstić information content (AvgIpc) is 2.83. The number of aromatic nitrogens is 2. The Morgan fingerprint density at radius 1 is 1.26 bits per heavy atom. The van der Waals surface area contributed by atoms with E-state index in [1.807, 2.05) is 6.92 Å². The SMILES string of the molecule is Cc1c(-c2cc3cc(NC(=O)OC4CCNCC4F)ncc3c(N)c2F)cnc2c1NCCO2. The van der Waals surface area contributed by atoms with E-state index in [0.29, 0.717) is 54.0 Å². The van der Waals surface area contributed by atoms with Crippen LogP contribution in [0, 0.1) is 12.7 Å². The first-order valence-electron chi connectivity index (χ1n) is 11.0. The number of pyridine rings is 2. The number of carbonyl (C=O) groups excluding carboxylic acids is 1. The Hall–Kier alpha value is -3.73. The van der Waals surface area contributed by atoms with Crippen LogP contribution in [0.25, 0.3) is 21.9 Å². The Morgan fingerprint density at radius 3 is 2.94 bits per heavy atom. The molecule has 11 heteroatoms. The molecule has 1 fully saturated rings. The van der Waals surface area contributed by atoms with E-state index in [2.05, 4.69) is 25.9 Å². The van der Waals surface area contributed by atoms with E-state index in [1.165, 1.54) is 6.20 Å². The lowest BCUT2D eigenvalue weighted by Gasteiger charge is -2.26. The van der Waals surface area contributed by atoms with Crippen molar-refractivity contribution in [3.05, 3.63) is 35.9 Å². The molecule has 178 valence electrons. The van der Waals surface area contributed by atoms with Crippen LogP contribution in [-0.2, 0) is 4.74 Å². The van der Waals surface area contributed by atoms with Gasteiger partial charge in [0.15, 0.2) is 5.82 Å². The van der Waals surface area contributed by atoms with Crippen LogP contribution in [0.4, 0.5) is 30.8 Å². The minimum atomic E-state index is -1.28. The van der Waals surface area contributed by atoms with E-state index < -0.39 is 24.2 Å². The van der Waals surface area contributed by atoms with Crippen LogP contribution in [-0.4, -0.2) is 54.6 Å². The van der Waals surface area contributed by atoms with Gasteiger partial charge in [0.05, 0.1) is 5.69 Å². The average molecular weight is 470 g/mol. The Bertz CT molecular complexity index is 1270. The van der Waals surface area contributed by atoms with Crippen molar-refractivity contribution in [1.82, 2.24) is 15.3 Å². The number of ether oxygens (including phenoxy) is 2. The number of nitrogen functional groups attached to an aromatic ring is 1. The Labute approximate surface area is 194 Å². The molecule has 2 unspecified atom stereocenters. The van der Waals surface area contributed by atoms with E-state index in [0.717, 1.165) is 5.56 Å². The second-order valence-corrected chi connectivity index (χ2v) is 8.27. The van der Waals surface area contributed by atoms with E-state index in [9.17, 15) is 9.18 Å². The summed E-state index contributed by atoms with van der Waals surface area (Å²) in [5, 5.41) is 9.61. The van der Waals surface area contributed by atoms with Gasteiger partial charge in [-0.3, -0.25) is 5.32 Å². The van der Waals surface area contributed by atoms with Crippen molar-refractivity contribution < 1.29 is 23.0 Å². The number of anilines is 3. The molecule has 0 saturated carbocycles. The molecule has 1 saturated heterocycles. The number of alkyl halides is 1. The van der Waals surface area contributed by atoms with Crippen molar-refractivity contribution >= 4 is 34.1 Å². The number of benzene rings is 1. The van der Waals surface area contributed by atoms with Gasteiger partial charge < -0.3 is 25.8 Å². The number of hydrogen-bond acceptors (Lipinski definition) is 8. The second kappa shape index (κ2) is 8.90. The first kappa shape index (κ1) is 22.1. The maximum absolute atomic E-state index is 15.3. The maximum atomic E-state index is 15.3. The van der Waals surface area contributed by atoms with Gasteiger partial charge in [-0.05, 0) is 43.0 Å². The summed E-state index contributed by atoms with van der Waals surface area (Å²) in [6, 6.07) is 3.19. The van der Waals surface area contributed by atoms with Crippen LogP contribution in [0.1, 0.15) is 12.0 Å². The number of nitrogens with zero attached hydrogens (tertiary/aromatic N) is 2. The molecule has 0 bridgehead atoms. The molecule has 0 radical (unpaired) electrons. The van der Waals surface area contributed by atoms with Gasteiger partial charge in [-0.1, -0.05) is 0 Å². The minimum Gasteiger partial charge on any atom is -0.474 e. The number of piperidine rings is 1. The third-order valence-corrected chi connectivity index (χ3v) is 6.07. The van der Waals surface area contributed by atoms with Gasteiger partial charge in [-0.2, -0.15) is 0 Å². The Morgan fingerprint density at radius 2 is 2.12 bits per heavy atom. The highest BCUT2D eigenvalue weighted by atomic mass is 19.1. The van der Waals surface area contributed by atoms with Crippen LogP contribution in [0.5, 0.6) is 5.88 Å². The normalized spacial score (nSPS) is 19.6. The van der Waals surface area contributed by atoms with E-state index in [-0.39, 0.29) is 23.6 Å². The highest BCUT2D eigenvalue weighted by molar-refractivity contribution is 5.99. The number of fused-ring (bicyclic) bond motifs is 2. The van der Waals surface area contributed by atoms with Crippen LogP contribution >= 0.6 is 0 Å². The fourth-order valence-corrected chi connectivity index (χ4v) is 4.26. The Kier molecular flexibility index (Phi) is 5.78. The summed E-state index contributed by atoms with van der Waals surface area (Å²) in [4.78, 5) is 20.7. The molecule has 0 aliphatic carbocycles. The van der Waals surface area contributed by atoms with Crippen molar-refractivity contribution in [2.75, 3.05) is 42.6 Å². The summed E-state index contributed by atoms with van der Waals surface area (Å²) in [7, 11) is 0. The molecule has 2 aliphatic heterocycles. The lowest BCUT2D eigenvalue weighted by molar-refractivity contribution is 0.0342.